The van der Waals surface area contributed by atoms with Crippen molar-refractivity contribution in [2.75, 3.05) is 12.3 Å². The largest absolute Gasteiger partial charge is 0.398 e. The van der Waals surface area contributed by atoms with Crippen molar-refractivity contribution in [1.29, 1.82) is 0 Å². The van der Waals surface area contributed by atoms with Gasteiger partial charge < -0.3 is 15.8 Å². The predicted molar refractivity (Wildman–Crippen MR) is 139 cm³/mol. The molecule has 3 fully saturated rings. The monoisotopic (exact) mass is 454 g/mol. The highest BCUT2D eigenvalue weighted by Crippen LogP contribution is 2.63. The number of hydrogen-bond donors (Lipinski definition) is 2. The van der Waals surface area contributed by atoms with E-state index in [4.69, 9.17) is 5.73 Å². The number of benzene rings is 1. The third kappa shape index (κ3) is 4.15. The van der Waals surface area contributed by atoms with Gasteiger partial charge in [-0.1, -0.05) is 52.8 Å². The van der Waals surface area contributed by atoms with Crippen LogP contribution in [0.2, 0.25) is 0 Å². The van der Waals surface area contributed by atoms with Crippen LogP contribution < -0.4 is 11.1 Å². The third-order valence-electron chi connectivity index (χ3n) is 9.60. The number of nitrogens with two attached hydrogens (primary N) is 1. The number of para-hydroxylation sites is 1. The molecule has 1 saturated heterocycles. The first-order valence-electron chi connectivity index (χ1n) is 12.8. The van der Waals surface area contributed by atoms with Crippen LogP contribution in [0.4, 0.5) is 5.69 Å². The second-order valence-electron chi connectivity index (χ2n) is 12.4. The summed E-state index contributed by atoms with van der Waals surface area (Å²) in [6.45, 7) is 12.2. The van der Waals surface area contributed by atoms with Crippen molar-refractivity contribution in [3.8, 4) is 0 Å². The number of hydrogen-bond acceptors (Lipinski definition) is 4. The van der Waals surface area contributed by atoms with Crippen LogP contribution in [0.3, 0.4) is 0 Å². The average Bonchev–Trinajstić information content (AvgIpc) is 3.10. The van der Waals surface area contributed by atoms with Crippen molar-refractivity contribution in [3.05, 3.63) is 41.6 Å². The van der Waals surface area contributed by atoms with E-state index < -0.39 is 0 Å². The van der Waals surface area contributed by atoms with Crippen molar-refractivity contribution >= 4 is 17.8 Å². The summed E-state index contributed by atoms with van der Waals surface area (Å²) in [7, 11) is 0. The molecule has 0 bridgehead atoms. The molecule has 0 radical (unpaired) electrons. The maximum absolute atomic E-state index is 11.8. The Morgan fingerprint density at radius 1 is 1.09 bits per heavy atom. The number of nitrogen functional groups attached to an aromatic ring is 1. The first kappa shape index (κ1) is 24.0. The number of carbonyl (C=O) groups is 2. The summed E-state index contributed by atoms with van der Waals surface area (Å²) >= 11 is 0. The highest BCUT2D eigenvalue weighted by atomic mass is 16.1. The van der Waals surface area contributed by atoms with Gasteiger partial charge in [0.25, 0.3) is 0 Å². The number of ketones is 1. The van der Waals surface area contributed by atoms with Gasteiger partial charge >= 0.3 is 0 Å². The minimum atomic E-state index is 0. The molecular weight excluding hydrogens is 408 g/mol. The van der Waals surface area contributed by atoms with Crippen LogP contribution in [0, 0.1) is 34.5 Å². The third-order valence-corrected chi connectivity index (χ3v) is 9.60. The number of fused-ring (bicyclic) bond motifs is 5. The van der Waals surface area contributed by atoms with Crippen LogP contribution in [0.1, 0.15) is 81.6 Å². The Kier molecular flexibility index (Phi) is 6.26. The van der Waals surface area contributed by atoms with Gasteiger partial charge in [0.2, 0.25) is 0 Å². The second kappa shape index (κ2) is 8.60. The molecule has 184 valence electrons. The topological polar surface area (TPSA) is 72.2 Å². The summed E-state index contributed by atoms with van der Waals surface area (Å²) in [4.78, 5) is 23.3. The van der Waals surface area contributed by atoms with Gasteiger partial charge in [0, 0.05) is 44.6 Å². The van der Waals surface area contributed by atoms with Crippen molar-refractivity contribution in [2.45, 2.75) is 78.6 Å². The average molecular weight is 455 g/mol. The molecule has 5 rings (SSSR count). The number of anilines is 1. The molecule has 3 N–H and O–H groups in total. The minimum absolute atomic E-state index is 0. The zero-order valence-corrected chi connectivity index (χ0v) is 21.1. The molecular formula is C29H46N2O2. The highest BCUT2D eigenvalue weighted by molar-refractivity contribution is 5.91. The molecule has 1 aliphatic heterocycles. The Labute approximate surface area is 202 Å². The molecule has 3 aliphatic carbocycles. The highest BCUT2D eigenvalue weighted by Gasteiger charge is 2.59. The maximum atomic E-state index is 11.8. The molecule has 1 aromatic carbocycles. The first-order chi connectivity index (χ1) is 15.5. The zero-order chi connectivity index (χ0) is 24.0. The Hall–Kier alpha value is -2.10. The summed E-state index contributed by atoms with van der Waals surface area (Å²) in [6.07, 6.45) is 9.46. The van der Waals surface area contributed by atoms with Crippen LogP contribution in [0.15, 0.2) is 36.0 Å². The Balaban J connectivity index is 0.000000286. The molecule has 4 aliphatic rings. The number of rotatable bonds is 1. The minimum Gasteiger partial charge on any atom is -0.398 e. The Morgan fingerprint density at radius 2 is 1.82 bits per heavy atom. The lowest BCUT2D eigenvalue weighted by Crippen LogP contribution is -2.56. The van der Waals surface area contributed by atoms with Crippen LogP contribution in [-0.4, -0.2) is 18.6 Å². The first-order valence-corrected chi connectivity index (χ1v) is 12.8. The molecule has 0 amide bonds. The second-order valence-corrected chi connectivity index (χ2v) is 12.4. The zero-order valence-electron chi connectivity index (χ0n) is 21.1. The Morgan fingerprint density at radius 3 is 2.45 bits per heavy atom. The van der Waals surface area contributed by atoms with Crippen LogP contribution in [0.25, 0.3) is 0 Å². The molecule has 4 heteroatoms. The van der Waals surface area contributed by atoms with E-state index >= 15 is 0 Å². The summed E-state index contributed by atoms with van der Waals surface area (Å²) in [6, 6.07) is 8.01. The van der Waals surface area contributed by atoms with E-state index in [1.54, 1.807) is 0 Å². The van der Waals surface area contributed by atoms with Gasteiger partial charge in [-0.05, 0) is 72.3 Å². The van der Waals surface area contributed by atoms with E-state index in [1.165, 1.54) is 36.8 Å². The number of piperidine rings is 1. The summed E-state index contributed by atoms with van der Waals surface area (Å²) in [5.41, 5.74) is 9.63. The molecule has 33 heavy (non-hydrogen) atoms. The van der Waals surface area contributed by atoms with E-state index in [2.05, 4.69) is 46.0 Å². The molecule has 2 saturated carbocycles. The van der Waals surface area contributed by atoms with Crippen molar-refractivity contribution < 1.29 is 12.4 Å². The van der Waals surface area contributed by atoms with Crippen LogP contribution in [-0.2, 0) is 15.0 Å². The normalized spacial score (nSPS) is 37.4. The summed E-state index contributed by atoms with van der Waals surface area (Å²) in [5, 5.41) is 3.61. The quantitative estimate of drug-likeness (QED) is 0.394. The number of aldehydes is 1. The SMILES string of the molecule is CC(C)(C)c1ccccc1N.C[C@]12CCC3C(CNC4=CC(=O)CC[C@@]43C)C1CCC2C=O.[HH].[HH]. The smallest absolute Gasteiger partial charge is 0.157 e. The summed E-state index contributed by atoms with van der Waals surface area (Å²) < 4.78 is 0. The van der Waals surface area contributed by atoms with Gasteiger partial charge in [0.05, 0.1) is 0 Å². The molecule has 4 nitrogen and oxygen atoms in total. The van der Waals surface area contributed by atoms with Gasteiger partial charge in [-0.15, -0.1) is 0 Å². The van der Waals surface area contributed by atoms with Gasteiger partial charge in [-0.25, -0.2) is 0 Å². The van der Waals surface area contributed by atoms with Gasteiger partial charge in [0.1, 0.15) is 6.29 Å². The van der Waals surface area contributed by atoms with E-state index in [1.807, 2.05) is 24.3 Å². The maximum Gasteiger partial charge on any atom is 0.157 e. The lowest BCUT2D eigenvalue weighted by atomic mass is 9.50. The number of nitrogens with one attached hydrogen (secondary N) is 1. The fraction of sp³-hybridized carbons (Fsp3) is 0.655. The van der Waals surface area contributed by atoms with Gasteiger partial charge in [-0.2, -0.15) is 0 Å². The van der Waals surface area contributed by atoms with Crippen molar-refractivity contribution in [1.82, 2.24) is 5.32 Å². The van der Waals surface area contributed by atoms with E-state index in [9.17, 15) is 9.59 Å². The molecule has 0 spiro atoms. The lowest BCUT2D eigenvalue weighted by Gasteiger charge is -2.57. The molecule has 1 heterocycles. The number of allylic oxidation sites excluding steroid dienone is 2. The molecule has 4 unspecified atom stereocenters. The van der Waals surface area contributed by atoms with Gasteiger partial charge in [-0.3, -0.25) is 4.79 Å². The molecule has 1 aromatic rings. The fourth-order valence-corrected chi connectivity index (χ4v) is 7.59. The van der Waals surface area contributed by atoms with E-state index in [0.29, 0.717) is 24.2 Å². The Bertz CT molecular complexity index is 956. The molecule has 0 aromatic heterocycles. The fourth-order valence-electron chi connectivity index (χ4n) is 7.59. The van der Waals surface area contributed by atoms with Crippen LogP contribution in [0.5, 0.6) is 0 Å². The van der Waals surface area contributed by atoms with Crippen molar-refractivity contribution in [2.24, 2.45) is 34.5 Å². The molecule has 6 atom stereocenters. The van der Waals surface area contributed by atoms with E-state index in [-0.39, 0.29) is 30.8 Å². The van der Waals surface area contributed by atoms with Gasteiger partial charge in [0.15, 0.2) is 5.78 Å². The standard InChI is InChI=1S/C19H27NO2.C10H15N.2H2/c1-18-8-6-16-14(15(18)4-3-12(18)11-21)10-20-17-9-13(22)5-7-19(16,17)2;1-10(2,3)8-6-4-5-7-9(8)11;;/h9,11-12,14-16,20H,3-8,10H2,1-2H3;4-7H,11H2,1-3H3;2*1H/t12?,14?,15?,16?,18-,19-;;;/m1.../s1. The van der Waals surface area contributed by atoms with Crippen molar-refractivity contribution in [3.63, 3.8) is 0 Å². The predicted octanol–water partition coefficient (Wildman–Crippen LogP) is 6.16. The summed E-state index contributed by atoms with van der Waals surface area (Å²) in [5.74, 6) is 2.55. The van der Waals surface area contributed by atoms with E-state index in [0.717, 1.165) is 25.1 Å². The lowest BCUT2D eigenvalue weighted by molar-refractivity contribution is -0.120. The number of carbonyl (C=O) groups excluding carboxylic acids is 2. The van der Waals surface area contributed by atoms with Crippen LogP contribution >= 0.6 is 0 Å².